The van der Waals surface area contributed by atoms with E-state index in [4.69, 9.17) is 14.8 Å². The SMILES string of the molecule is CC(N(CO)CO)S(=O)(=O)O. The van der Waals surface area contributed by atoms with Crippen LogP contribution in [0.5, 0.6) is 0 Å². The summed E-state index contributed by atoms with van der Waals surface area (Å²) in [5, 5.41) is 15.6. The molecule has 68 valence electrons. The first-order valence-corrected chi connectivity index (χ1v) is 4.36. The van der Waals surface area contributed by atoms with Crippen LogP contribution in [0.2, 0.25) is 0 Å². The van der Waals surface area contributed by atoms with E-state index >= 15 is 0 Å². The Bertz CT molecular complexity index is 197. The van der Waals surface area contributed by atoms with Gasteiger partial charge < -0.3 is 10.2 Å². The van der Waals surface area contributed by atoms with Crippen LogP contribution in [0, 0.1) is 0 Å². The summed E-state index contributed by atoms with van der Waals surface area (Å²) >= 11 is 0. The van der Waals surface area contributed by atoms with E-state index in [2.05, 4.69) is 0 Å². The zero-order valence-electron chi connectivity index (χ0n) is 6.01. The maximum Gasteiger partial charge on any atom is 0.281 e. The Morgan fingerprint density at radius 2 is 1.73 bits per heavy atom. The fourth-order valence-corrected chi connectivity index (χ4v) is 0.973. The fraction of sp³-hybridized carbons (Fsp3) is 1.00. The Hall–Kier alpha value is -0.210. The van der Waals surface area contributed by atoms with Crippen molar-refractivity contribution in [3.8, 4) is 0 Å². The topological polar surface area (TPSA) is 98.1 Å². The van der Waals surface area contributed by atoms with Crippen molar-refractivity contribution in [3.05, 3.63) is 0 Å². The van der Waals surface area contributed by atoms with Gasteiger partial charge >= 0.3 is 0 Å². The van der Waals surface area contributed by atoms with Crippen LogP contribution in [0.15, 0.2) is 0 Å². The van der Waals surface area contributed by atoms with Crippen LogP contribution in [0.3, 0.4) is 0 Å². The van der Waals surface area contributed by atoms with Gasteiger partial charge in [0, 0.05) is 0 Å². The van der Waals surface area contributed by atoms with Crippen molar-refractivity contribution in [2.24, 2.45) is 0 Å². The lowest BCUT2D eigenvalue weighted by Crippen LogP contribution is -2.39. The molecule has 0 aromatic carbocycles. The minimum atomic E-state index is -4.22. The first kappa shape index (κ1) is 10.8. The van der Waals surface area contributed by atoms with Crippen molar-refractivity contribution < 1.29 is 23.2 Å². The molecule has 1 atom stereocenters. The highest BCUT2D eigenvalue weighted by Gasteiger charge is 2.23. The molecule has 0 aliphatic carbocycles. The van der Waals surface area contributed by atoms with E-state index in [1.165, 1.54) is 0 Å². The average Bonchev–Trinajstić information content (AvgIpc) is 1.88. The number of hydrogen-bond donors (Lipinski definition) is 3. The van der Waals surface area contributed by atoms with Crippen molar-refractivity contribution in [1.29, 1.82) is 0 Å². The highest BCUT2D eigenvalue weighted by molar-refractivity contribution is 7.86. The second kappa shape index (κ2) is 3.98. The monoisotopic (exact) mass is 185 g/mol. The number of nitrogens with zero attached hydrogens (tertiary/aromatic N) is 1. The summed E-state index contributed by atoms with van der Waals surface area (Å²) in [6, 6.07) is 0. The second-order valence-corrected chi connectivity index (χ2v) is 3.70. The minimum Gasteiger partial charge on any atom is -0.381 e. The summed E-state index contributed by atoms with van der Waals surface area (Å²) in [5.41, 5.74) is 0. The highest BCUT2D eigenvalue weighted by Crippen LogP contribution is 2.02. The quantitative estimate of drug-likeness (QED) is 0.361. The molecule has 0 saturated carbocycles. The molecule has 1 unspecified atom stereocenters. The van der Waals surface area contributed by atoms with Gasteiger partial charge in [0.05, 0.1) is 13.5 Å². The molecule has 11 heavy (non-hydrogen) atoms. The predicted octanol–water partition coefficient (Wildman–Crippen LogP) is -1.58. The van der Waals surface area contributed by atoms with Crippen molar-refractivity contribution >= 4 is 10.1 Å². The van der Waals surface area contributed by atoms with E-state index in [9.17, 15) is 8.42 Å². The van der Waals surface area contributed by atoms with Gasteiger partial charge in [-0.1, -0.05) is 0 Å². The second-order valence-electron chi connectivity index (χ2n) is 1.99. The summed E-state index contributed by atoms with van der Waals surface area (Å²) in [6.07, 6.45) is 0. The van der Waals surface area contributed by atoms with Crippen molar-refractivity contribution in [3.63, 3.8) is 0 Å². The smallest absolute Gasteiger partial charge is 0.281 e. The van der Waals surface area contributed by atoms with Crippen LogP contribution < -0.4 is 0 Å². The normalized spacial score (nSPS) is 15.4. The van der Waals surface area contributed by atoms with Crippen LogP contribution in [0.4, 0.5) is 0 Å². The van der Waals surface area contributed by atoms with Gasteiger partial charge in [-0.15, -0.1) is 0 Å². The molecule has 7 heteroatoms. The maximum atomic E-state index is 10.4. The number of rotatable bonds is 4. The predicted molar refractivity (Wildman–Crippen MR) is 37.0 cm³/mol. The number of aliphatic hydroxyl groups excluding tert-OH is 2. The van der Waals surface area contributed by atoms with Gasteiger partial charge in [-0.25, -0.2) is 4.90 Å². The molecule has 0 heterocycles. The third kappa shape index (κ3) is 3.12. The Labute approximate surface area is 64.8 Å². The molecule has 0 bridgehead atoms. The maximum absolute atomic E-state index is 10.4. The van der Waals surface area contributed by atoms with E-state index in [-0.39, 0.29) is 0 Å². The molecule has 0 rings (SSSR count). The van der Waals surface area contributed by atoms with E-state index in [0.29, 0.717) is 0 Å². The van der Waals surface area contributed by atoms with Gasteiger partial charge in [-0.2, -0.15) is 8.42 Å². The molecule has 0 aromatic rings. The first-order valence-electron chi connectivity index (χ1n) is 2.85. The standard InChI is InChI=1S/C4H11NO5S/c1-4(11(8,9)10)5(2-6)3-7/h4,6-7H,2-3H2,1H3,(H,8,9,10). The molecule has 3 N–H and O–H groups in total. The molecule has 6 nitrogen and oxygen atoms in total. The molecule has 0 saturated heterocycles. The third-order valence-corrected chi connectivity index (χ3v) is 2.47. The third-order valence-electron chi connectivity index (χ3n) is 1.31. The molecule has 0 aliphatic heterocycles. The van der Waals surface area contributed by atoms with Gasteiger partial charge in [-0.05, 0) is 6.92 Å². The first-order chi connectivity index (χ1) is 4.93. The summed E-state index contributed by atoms with van der Waals surface area (Å²) in [4.78, 5) is 0.773. The van der Waals surface area contributed by atoms with Crippen molar-refractivity contribution in [2.75, 3.05) is 13.5 Å². The summed E-state index contributed by atoms with van der Waals surface area (Å²) in [5.74, 6) is 0. The molecule has 0 aliphatic rings. The summed E-state index contributed by atoms with van der Waals surface area (Å²) < 4.78 is 29.2. The largest absolute Gasteiger partial charge is 0.381 e. The molecule has 0 radical (unpaired) electrons. The number of hydrogen-bond acceptors (Lipinski definition) is 5. The van der Waals surface area contributed by atoms with Crippen LogP contribution >= 0.6 is 0 Å². The van der Waals surface area contributed by atoms with Gasteiger partial charge in [-0.3, -0.25) is 4.55 Å². The summed E-state index contributed by atoms with van der Waals surface area (Å²) in [7, 11) is -4.22. The number of aliphatic hydroxyl groups is 2. The molecular weight excluding hydrogens is 174 g/mol. The van der Waals surface area contributed by atoms with Gasteiger partial charge in [0.2, 0.25) is 0 Å². The van der Waals surface area contributed by atoms with Crippen LogP contribution in [-0.4, -0.2) is 46.9 Å². The lowest BCUT2D eigenvalue weighted by atomic mass is 10.6. The summed E-state index contributed by atoms with van der Waals surface area (Å²) in [6.45, 7) is -0.101. The highest BCUT2D eigenvalue weighted by atomic mass is 32.2. The fourth-order valence-electron chi connectivity index (χ4n) is 0.463. The zero-order chi connectivity index (χ0) is 9.07. The van der Waals surface area contributed by atoms with Gasteiger partial charge in [0.1, 0.15) is 5.37 Å². The Morgan fingerprint density at radius 3 is 1.82 bits per heavy atom. The Morgan fingerprint density at radius 1 is 1.36 bits per heavy atom. The van der Waals surface area contributed by atoms with E-state index < -0.39 is 29.0 Å². The van der Waals surface area contributed by atoms with Crippen LogP contribution in [0.25, 0.3) is 0 Å². The van der Waals surface area contributed by atoms with Gasteiger partial charge in [0.25, 0.3) is 10.1 Å². The lowest BCUT2D eigenvalue weighted by Gasteiger charge is -2.21. The minimum absolute atomic E-state index is 0.628. The average molecular weight is 185 g/mol. The van der Waals surface area contributed by atoms with E-state index in [1.807, 2.05) is 0 Å². The molecule has 0 spiro atoms. The van der Waals surface area contributed by atoms with E-state index in [0.717, 1.165) is 11.8 Å². The molecule has 0 aromatic heterocycles. The Balaban J connectivity index is 4.33. The molecule has 0 fully saturated rings. The zero-order valence-corrected chi connectivity index (χ0v) is 6.82. The van der Waals surface area contributed by atoms with Crippen molar-refractivity contribution in [1.82, 2.24) is 4.90 Å². The Kier molecular flexibility index (Phi) is 3.90. The molecular formula is C4H11NO5S. The lowest BCUT2D eigenvalue weighted by molar-refractivity contribution is 0.0207. The van der Waals surface area contributed by atoms with E-state index in [1.54, 1.807) is 0 Å². The van der Waals surface area contributed by atoms with Crippen LogP contribution in [-0.2, 0) is 10.1 Å². The molecule has 0 amide bonds. The van der Waals surface area contributed by atoms with Crippen LogP contribution in [0.1, 0.15) is 6.92 Å². The van der Waals surface area contributed by atoms with Crippen molar-refractivity contribution in [2.45, 2.75) is 12.3 Å². The van der Waals surface area contributed by atoms with Gasteiger partial charge in [0.15, 0.2) is 0 Å².